The third-order valence-electron chi connectivity index (χ3n) is 12.6. The fraction of sp³-hybridized carbons (Fsp3) is 0. The van der Waals surface area contributed by atoms with Gasteiger partial charge < -0.3 is 0 Å². The van der Waals surface area contributed by atoms with Crippen LogP contribution in [0.15, 0.2) is 194 Å². The highest BCUT2D eigenvalue weighted by atomic mass is 32.1. The summed E-state index contributed by atoms with van der Waals surface area (Å²) in [6.07, 6.45) is 0. The molecule has 0 spiro atoms. The first-order valence-corrected chi connectivity index (χ1v) is 20.6. The van der Waals surface area contributed by atoms with E-state index in [0.29, 0.717) is 0 Å². The average Bonchev–Trinajstić information content (AvgIpc) is 3.63. The van der Waals surface area contributed by atoms with Crippen LogP contribution < -0.4 is 0 Å². The molecule has 0 aliphatic heterocycles. The van der Waals surface area contributed by atoms with E-state index in [4.69, 9.17) is 0 Å². The highest BCUT2D eigenvalue weighted by Gasteiger charge is 2.21. The zero-order chi connectivity index (χ0) is 37.2. The van der Waals surface area contributed by atoms with Gasteiger partial charge in [-0.1, -0.05) is 170 Å². The summed E-state index contributed by atoms with van der Waals surface area (Å²) >= 11 is 1.91. The average molecular weight is 737 g/mol. The maximum atomic E-state index is 2.50. The van der Waals surface area contributed by atoms with E-state index in [-0.39, 0.29) is 0 Å². The molecule has 1 heterocycles. The molecule has 0 unspecified atom stereocenters. The molecule has 0 radical (unpaired) electrons. The van der Waals surface area contributed by atoms with E-state index >= 15 is 0 Å². The van der Waals surface area contributed by atoms with E-state index in [1.54, 1.807) is 0 Å². The zero-order valence-electron chi connectivity index (χ0n) is 30.9. The summed E-state index contributed by atoms with van der Waals surface area (Å²) in [4.78, 5) is 0. The maximum Gasteiger partial charge on any atom is 0.0362 e. The molecular weight excluding hydrogens is 705 g/mol. The smallest absolute Gasteiger partial charge is 0.0362 e. The molecule has 0 amide bonds. The molecule has 12 aromatic carbocycles. The van der Waals surface area contributed by atoms with Gasteiger partial charge in [-0.05, 0) is 133 Å². The van der Waals surface area contributed by atoms with Crippen LogP contribution in [-0.2, 0) is 0 Å². The number of rotatable bonds is 4. The van der Waals surface area contributed by atoms with E-state index in [9.17, 15) is 0 Å². The van der Waals surface area contributed by atoms with Crippen LogP contribution in [0, 0.1) is 0 Å². The normalized spacial score (nSPS) is 12.2. The van der Waals surface area contributed by atoms with Gasteiger partial charge in [0.05, 0.1) is 0 Å². The number of hydrogen-bond acceptors (Lipinski definition) is 1. The topological polar surface area (TPSA) is 0 Å². The molecule has 1 aromatic heterocycles. The standard InChI is InChI=1S/C56H32S/c1-3-9-33(10-4-1)45-31-51-49(29-47(45)41-25-21-39-19-17-35-13-7-15-37-23-27-43(41)55(39)53(35)37)50-30-48(46(32-52(50)57-51)34-11-5-2-6-12-34)42-26-22-40-20-18-36-14-8-16-38-24-28-44(42)56(40)54(36)38/h1-32H. The van der Waals surface area contributed by atoms with Crippen LogP contribution in [0.3, 0.4) is 0 Å². The second-order valence-corrected chi connectivity index (χ2v) is 16.6. The first-order valence-electron chi connectivity index (χ1n) is 19.7. The van der Waals surface area contributed by atoms with Crippen molar-refractivity contribution in [1.29, 1.82) is 0 Å². The predicted octanol–water partition coefficient (Wildman–Crippen LogP) is 16.5. The third-order valence-corrected chi connectivity index (χ3v) is 13.7. The van der Waals surface area contributed by atoms with Gasteiger partial charge in [0.1, 0.15) is 0 Å². The molecule has 1 heteroatoms. The first kappa shape index (κ1) is 31.2. The van der Waals surface area contributed by atoms with Crippen LogP contribution in [0.1, 0.15) is 0 Å². The van der Waals surface area contributed by atoms with Crippen molar-refractivity contribution in [3.63, 3.8) is 0 Å². The zero-order valence-corrected chi connectivity index (χ0v) is 31.7. The molecule has 0 nitrogen and oxygen atoms in total. The summed E-state index contributed by atoms with van der Waals surface area (Å²) in [6, 6.07) is 72.9. The van der Waals surface area contributed by atoms with Gasteiger partial charge >= 0.3 is 0 Å². The van der Waals surface area contributed by atoms with E-state index < -0.39 is 0 Å². The lowest BCUT2D eigenvalue weighted by Gasteiger charge is -2.17. The van der Waals surface area contributed by atoms with Crippen LogP contribution >= 0.6 is 11.3 Å². The van der Waals surface area contributed by atoms with Crippen molar-refractivity contribution in [1.82, 2.24) is 0 Å². The van der Waals surface area contributed by atoms with E-state index in [0.717, 1.165) is 0 Å². The van der Waals surface area contributed by atoms with E-state index in [1.165, 1.54) is 129 Å². The van der Waals surface area contributed by atoms with Crippen molar-refractivity contribution < 1.29 is 0 Å². The maximum absolute atomic E-state index is 2.50. The summed E-state index contributed by atoms with van der Waals surface area (Å²) in [5.41, 5.74) is 10.1. The predicted molar refractivity (Wildman–Crippen MR) is 248 cm³/mol. The Hall–Kier alpha value is -7.06. The summed E-state index contributed by atoms with van der Waals surface area (Å²) in [6.45, 7) is 0. The Kier molecular flexibility index (Phi) is 6.41. The monoisotopic (exact) mass is 736 g/mol. The third kappa shape index (κ3) is 4.49. The number of hydrogen-bond donors (Lipinski definition) is 0. The quantitative estimate of drug-likeness (QED) is 0.158. The van der Waals surface area contributed by atoms with Gasteiger partial charge in [0, 0.05) is 20.2 Å². The second-order valence-electron chi connectivity index (χ2n) is 15.6. The van der Waals surface area contributed by atoms with Crippen molar-refractivity contribution in [2.24, 2.45) is 0 Å². The lowest BCUT2D eigenvalue weighted by Crippen LogP contribution is -1.91. The van der Waals surface area contributed by atoms with Gasteiger partial charge in [-0.3, -0.25) is 0 Å². The SMILES string of the molecule is c1ccc(-c2cc3sc4cc(-c5ccccc5)c(-c5ccc6ccc7cccc8ccc5c6c78)cc4c3cc2-c2ccc3ccc4cccc5ccc2c3c45)cc1. The molecule has 0 atom stereocenters. The fourth-order valence-electron chi connectivity index (χ4n) is 9.97. The summed E-state index contributed by atoms with van der Waals surface area (Å²) in [5.74, 6) is 0. The van der Waals surface area contributed by atoms with Crippen LogP contribution in [0.2, 0.25) is 0 Å². The number of thiophene rings is 1. The molecule has 57 heavy (non-hydrogen) atoms. The summed E-state index contributed by atoms with van der Waals surface area (Å²) in [5, 5.41) is 18.3. The number of fused-ring (bicyclic) bond motifs is 3. The van der Waals surface area contributed by atoms with Crippen molar-refractivity contribution in [3.05, 3.63) is 194 Å². The molecule has 0 aliphatic rings. The van der Waals surface area contributed by atoms with Gasteiger partial charge in [-0.25, -0.2) is 0 Å². The lowest BCUT2D eigenvalue weighted by atomic mass is 9.85. The van der Waals surface area contributed by atoms with E-state index in [1.807, 2.05) is 11.3 Å². The second kappa shape index (κ2) is 11.7. The largest absolute Gasteiger partial charge is 0.135 e. The Morgan fingerprint density at radius 3 is 1.02 bits per heavy atom. The summed E-state index contributed by atoms with van der Waals surface area (Å²) in [7, 11) is 0. The first-order chi connectivity index (χ1) is 28.2. The molecule has 0 N–H and O–H groups in total. The van der Waals surface area contributed by atoms with Crippen LogP contribution in [0.25, 0.3) is 129 Å². The number of benzene rings is 12. The van der Waals surface area contributed by atoms with Crippen LogP contribution in [0.4, 0.5) is 0 Å². The van der Waals surface area contributed by atoms with Crippen molar-refractivity contribution >= 4 is 96.1 Å². The molecule has 0 bridgehead atoms. The van der Waals surface area contributed by atoms with Crippen molar-refractivity contribution in [2.45, 2.75) is 0 Å². The highest BCUT2D eigenvalue weighted by Crippen LogP contribution is 2.49. The molecule has 0 aliphatic carbocycles. The Morgan fingerprint density at radius 2 is 0.596 bits per heavy atom. The molecule has 0 saturated carbocycles. The molecule has 262 valence electrons. The van der Waals surface area contributed by atoms with Gasteiger partial charge in [0.15, 0.2) is 0 Å². The Morgan fingerprint density at radius 1 is 0.228 bits per heavy atom. The van der Waals surface area contributed by atoms with Gasteiger partial charge in [0.25, 0.3) is 0 Å². The van der Waals surface area contributed by atoms with E-state index in [2.05, 4.69) is 194 Å². The van der Waals surface area contributed by atoms with Gasteiger partial charge in [-0.15, -0.1) is 11.3 Å². The molecule has 13 aromatic rings. The molecule has 0 fully saturated rings. The Balaban J connectivity index is 1.13. The Labute approximate surface area is 333 Å². The van der Waals surface area contributed by atoms with Crippen molar-refractivity contribution in [2.75, 3.05) is 0 Å². The molecule has 13 rings (SSSR count). The minimum absolute atomic E-state index is 1.23. The Bertz CT molecular complexity index is 3440. The van der Waals surface area contributed by atoms with Gasteiger partial charge in [-0.2, -0.15) is 0 Å². The lowest BCUT2D eigenvalue weighted by molar-refractivity contribution is 1.63. The fourth-order valence-corrected chi connectivity index (χ4v) is 11.1. The van der Waals surface area contributed by atoms with Crippen molar-refractivity contribution in [3.8, 4) is 44.5 Å². The molecule has 0 saturated heterocycles. The van der Waals surface area contributed by atoms with Crippen LogP contribution in [-0.4, -0.2) is 0 Å². The van der Waals surface area contributed by atoms with Crippen LogP contribution in [0.5, 0.6) is 0 Å². The highest BCUT2D eigenvalue weighted by molar-refractivity contribution is 7.25. The van der Waals surface area contributed by atoms with Gasteiger partial charge in [0.2, 0.25) is 0 Å². The minimum atomic E-state index is 1.23. The molecular formula is C56H32S. The summed E-state index contributed by atoms with van der Waals surface area (Å²) < 4.78 is 2.61. The minimum Gasteiger partial charge on any atom is -0.135 e.